The van der Waals surface area contributed by atoms with Gasteiger partial charge in [0.15, 0.2) is 12.6 Å². The van der Waals surface area contributed by atoms with Gasteiger partial charge in [0.1, 0.15) is 23.1 Å². The van der Waals surface area contributed by atoms with Crippen LogP contribution in [0.5, 0.6) is 17.2 Å². The molecule has 0 bridgehead atoms. The van der Waals surface area contributed by atoms with E-state index < -0.39 is 18.1 Å². The van der Waals surface area contributed by atoms with Gasteiger partial charge in [-0.3, -0.25) is 0 Å². The topological polar surface area (TPSA) is 88.3 Å². The summed E-state index contributed by atoms with van der Waals surface area (Å²) in [5.74, 6) is 0.668. The maximum atomic E-state index is 15.0. The molecule has 2 aliphatic heterocycles. The van der Waals surface area contributed by atoms with Crippen molar-refractivity contribution in [3.63, 3.8) is 0 Å². The summed E-state index contributed by atoms with van der Waals surface area (Å²) in [6, 6.07) is 10.9. The number of hydrogen-bond donors (Lipinski definition) is 0. The van der Waals surface area contributed by atoms with Gasteiger partial charge in [-0.2, -0.15) is 0 Å². The zero-order valence-corrected chi connectivity index (χ0v) is 25.8. The van der Waals surface area contributed by atoms with E-state index in [0.29, 0.717) is 73.1 Å². The molecule has 0 spiro atoms. The summed E-state index contributed by atoms with van der Waals surface area (Å²) in [6.07, 6.45) is 10.7. The van der Waals surface area contributed by atoms with Crippen LogP contribution in [0.1, 0.15) is 88.4 Å². The lowest BCUT2D eigenvalue weighted by molar-refractivity contribution is -0.0983. The number of epoxide rings is 2. The average molecular weight is 613 g/mol. The molecule has 2 saturated heterocycles. The van der Waals surface area contributed by atoms with Crippen molar-refractivity contribution in [3.05, 3.63) is 53.8 Å². The first-order chi connectivity index (χ1) is 21.5. The molecule has 44 heavy (non-hydrogen) atoms. The summed E-state index contributed by atoms with van der Waals surface area (Å²) >= 11 is 0. The molecular formula is C35H45FO8. The van der Waals surface area contributed by atoms with Crippen molar-refractivity contribution in [3.8, 4) is 17.2 Å². The molecule has 0 radical (unpaired) electrons. The van der Waals surface area contributed by atoms with Crippen LogP contribution >= 0.6 is 0 Å². The number of ether oxygens (including phenoxy) is 7. The van der Waals surface area contributed by atoms with E-state index in [1.54, 1.807) is 30.3 Å². The molecule has 4 aliphatic rings. The molecule has 2 saturated carbocycles. The van der Waals surface area contributed by atoms with Gasteiger partial charge in [-0.1, -0.05) is 26.7 Å². The van der Waals surface area contributed by atoms with E-state index in [9.17, 15) is 9.18 Å². The molecule has 2 aromatic carbocycles. The smallest absolute Gasteiger partial charge is 0.346 e. The number of rotatable bonds is 16. The summed E-state index contributed by atoms with van der Waals surface area (Å²) in [7, 11) is 0. The van der Waals surface area contributed by atoms with E-state index in [4.69, 9.17) is 33.2 Å². The van der Waals surface area contributed by atoms with Gasteiger partial charge < -0.3 is 33.2 Å². The number of halogens is 1. The molecule has 6 rings (SSSR count). The van der Waals surface area contributed by atoms with E-state index >= 15 is 0 Å². The van der Waals surface area contributed by atoms with Crippen molar-refractivity contribution >= 4 is 5.97 Å². The Hall–Kier alpha value is -2.72. The number of fused-ring (bicyclic) bond motifs is 2. The molecule has 2 aliphatic carbocycles. The lowest BCUT2D eigenvalue weighted by Crippen LogP contribution is -2.26. The fourth-order valence-electron chi connectivity index (χ4n) is 6.37. The van der Waals surface area contributed by atoms with Gasteiger partial charge >= 0.3 is 5.97 Å². The second kappa shape index (κ2) is 14.6. The molecule has 240 valence electrons. The molecule has 2 heterocycles. The van der Waals surface area contributed by atoms with Gasteiger partial charge in [0.25, 0.3) is 0 Å². The van der Waals surface area contributed by atoms with Crippen molar-refractivity contribution in [1.82, 2.24) is 0 Å². The van der Waals surface area contributed by atoms with E-state index in [1.165, 1.54) is 12.1 Å². The fourth-order valence-corrected chi connectivity index (χ4v) is 6.37. The molecule has 2 aromatic rings. The van der Waals surface area contributed by atoms with Crippen LogP contribution in [0.4, 0.5) is 4.39 Å². The van der Waals surface area contributed by atoms with Crippen molar-refractivity contribution in [2.75, 3.05) is 13.2 Å². The zero-order chi connectivity index (χ0) is 30.5. The van der Waals surface area contributed by atoms with Crippen molar-refractivity contribution in [1.29, 1.82) is 0 Å². The third-order valence-electron chi connectivity index (χ3n) is 9.04. The number of benzene rings is 2. The average Bonchev–Trinajstić information content (AvgIpc) is 3.95. The lowest BCUT2D eigenvalue weighted by Gasteiger charge is -2.24. The van der Waals surface area contributed by atoms with E-state index in [-0.39, 0.29) is 11.9 Å². The number of carbonyl (C=O) groups excluding carboxylic acids is 1. The number of esters is 1. The van der Waals surface area contributed by atoms with Gasteiger partial charge in [0, 0.05) is 18.9 Å². The quantitative estimate of drug-likeness (QED) is 0.0850. The maximum absolute atomic E-state index is 15.0. The van der Waals surface area contributed by atoms with Gasteiger partial charge in [-0.15, -0.1) is 0 Å². The van der Waals surface area contributed by atoms with E-state index in [1.807, 2.05) is 0 Å². The Bertz CT molecular complexity index is 1240. The lowest BCUT2D eigenvalue weighted by atomic mass is 9.90. The number of carbonyl (C=O) groups is 1. The monoisotopic (exact) mass is 612 g/mol. The SMILES string of the molecule is CCCC(OCC1CCC2OC2C1)Oc1ccc(OC(=O)c2ccc(OC(CCC)OCC3CCC4OC4C3)cc2F)cc1. The highest BCUT2D eigenvalue weighted by Crippen LogP contribution is 2.40. The van der Waals surface area contributed by atoms with Crippen LogP contribution in [0.3, 0.4) is 0 Å². The predicted octanol–water partition coefficient (Wildman–Crippen LogP) is 7.22. The van der Waals surface area contributed by atoms with Crippen LogP contribution in [0.2, 0.25) is 0 Å². The molecule has 9 heteroatoms. The van der Waals surface area contributed by atoms with E-state index in [2.05, 4.69) is 13.8 Å². The van der Waals surface area contributed by atoms with Gasteiger partial charge in [0.2, 0.25) is 0 Å². The Morgan fingerprint density at radius 3 is 1.80 bits per heavy atom. The summed E-state index contributed by atoms with van der Waals surface area (Å²) in [5, 5.41) is 0. The molecule has 4 fully saturated rings. The minimum atomic E-state index is -0.788. The summed E-state index contributed by atoms with van der Waals surface area (Å²) in [6.45, 7) is 5.40. The summed E-state index contributed by atoms with van der Waals surface area (Å²) in [5.41, 5.74) is -0.172. The molecule has 0 aromatic heterocycles. The Labute approximate surface area is 259 Å². The minimum absolute atomic E-state index is 0.172. The fraction of sp³-hybridized carbons (Fsp3) is 0.629. The Morgan fingerprint density at radius 1 is 0.750 bits per heavy atom. The maximum Gasteiger partial charge on any atom is 0.346 e. The van der Waals surface area contributed by atoms with Crippen LogP contribution < -0.4 is 14.2 Å². The van der Waals surface area contributed by atoms with Gasteiger partial charge in [0.05, 0.1) is 43.2 Å². The largest absolute Gasteiger partial charge is 0.465 e. The van der Waals surface area contributed by atoms with Crippen molar-refractivity contribution in [2.24, 2.45) is 11.8 Å². The Balaban J connectivity index is 0.972. The highest BCUT2D eigenvalue weighted by molar-refractivity contribution is 5.91. The zero-order valence-electron chi connectivity index (χ0n) is 25.8. The van der Waals surface area contributed by atoms with E-state index in [0.717, 1.165) is 57.8 Å². The first-order valence-electron chi connectivity index (χ1n) is 16.5. The van der Waals surface area contributed by atoms with Crippen LogP contribution in [0.25, 0.3) is 0 Å². The first kappa shape index (κ1) is 31.3. The third kappa shape index (κ3) is 8.50. The highest BCUT2D eigenvalue weighted by Gasteiger charge is 2.44. The normalized spacial score (nSPS) is 28.2. The van der Waals surface area contributed by atoms with Crippen LogP contribution in [-0.2, 0) is 18.9 Å². The molecule has 8 unspecified atom stereocenters. The van der Waals surface area contributed by atoms with Crippen LogP contribution in [-0.4, -0.2) is 56.2 Å². The Morgan fingerprint density at radius 2 is 1.27 bits per heavy atom. The highest BCUT2D eigenvalue weighted by atomic mass is 19.1. The molecule has 8 atom stereocenters. The molecule has 0 amide bonds. The van der Waals surface area contributed by atoms with Crippen molar-refractivity contribution < 1.29 is 42.3 Å². The predicted molar refractivity (Wildman–Crippen MR) is 160 cm³/mol. The molecule has 8 nitrogen and oxygen atoms in total. The molecular weight excluding hydrogens is 567 g/mol. The Kier molecular flexibility index (Phi) is 10.4. The van der Waals surface area contributed by atoms with Crippen LogP contribution in [0.15, 0.2) is 42.5 Å². The van der Waals surface area contributed by atoms with Crippen LogP contribution in [0, 0.1) is 17.7 Å². The van der Waals surface area contributed by atoms with Crippen molar-refractivity contribution in [2.45, 2.75) is 115 Å². The van der Waals surface area contributed by atoms with Gasteiger partial charge in [-0.05, 0) is 86.8 Å². The second-order valence-corrected chi connectivity index (χ2v) is 12.6. The summed E-state index contributed by atoms with van der Waals surface area (Å²) < 4.78 is 55.9. The summed E-state index contributed by atoms with van der Waals surface area (Å²) in [4.78, 5) is 12.8. The first-order valence-corrected chi connectivity index (χ1v) is 16.5. The van der Waals surface area contributed by atoms with Gasteiger partial charge in [-0.25, -0.2) is 9.18 Å². The minimum Gasteiger partial charge on any atom is -0.465 e. The number of hydrogen-bond acceptors (Lipinski definition) is 8. The standard InChI is InChI=1S/C35H45FO8/c1-3-5-33(38-20-22-7-15-29-31(17-22)43-29)40-24-9-11-25(12-10-24)42-35(37)27-14-13-26(19-28(27)36)41-34(6-4-2)39-21-23-8-16-30-32(18-23)44-30/h9-14,19,22-23,29-34H,3-8,15-18,20-21H2,1-2H3. The second-order valence-electron chi connectivity index (χ2n) is 12.6. The molecule has 0 N–H and O–H groups in total. The third-order valence-corrected chi connectivity index (χ3v) is 9.04.